The number of nitrogens with zero attached hydrogens (tertiary/aromatic N) is 2. The minimum absolute atomic E-state index is 0.248. The average molecular weight is 283 g/mol. The molecule has 0 saturated carbocycles. The molecule has 0 atom stereocenters. The number of rotatable bonds is 2. The maximum absolute atomic E-state index is 13.3. The van der Waals surface area contributed by atoms with Crippen LogP contribution in [0.25, 0.3) is 22.3 Å². The van der Waals surface area contributed by atoms with E-state index in [4.69, 9.17) is 10.5 Å². The summed E-state index contributed by atoms with van der Waals surface area (Å²) in [4.78, 5) is 8.74. The molecular weight excluding hydrogens is 269 g/mol. The normalized spacial score (nSPS) is 10.8. The molecule has 0 radical (unpaired) electrons. The number of ether oxygens (including phenoxy) is 1. The topological polar surface area (TPSA) is 61.0 Å². The molecule has 21 heavy (non-hydrogen) atoms. The fourth-order valence-corrected chi connectivity index (χ4v) is 2.24. The van der Waals surface area contributed by atoms with Gasteiger partial charge < -0.3 is 10.5 Å². The van der Waals surface area contributed by atoms with Crippen LogP contribution in [0.5, 0.6) is 5.75 Å². The van der Waals surface area contributed by atoms with E-state index < -0.39 is 0 Å². The Morgan fingerprint density at radius 2 is 1.90 bits per heavy atom. The summed E-state index contributed by atoms with van der Waals surface area (Å²) < 4.78 is 18.6. The first-order valence-corrected chi connectivity index (χ1v) is 6.46. The summed E-state index contributed by atoms with van der Waals surface area (Å²) in [7, 11) is 1.59. The van der Waals surface area contributed by atoms with Crippen molar-refractivity contribution in [3.8, 4) is 17.1 Å². The lowest BCUT2D eigenvalue weighted by Gasteiger charge is -2.10. The zero-order valence-electron chi connectivity index (χ0n) is 11.7. The lowest BCUT2D eigenvalue weighted by Crippen LogP contribution is -2.00. The molecule has 1 aromatic heterocycles. The van der Waals surface area contributed by atoms with E-state index in [1.165, 1.54) is 12.1 Å². The third kappa shape index (κ3) is 2.38. The predicted molar refractivity (Wildman–Crippen MR) is 80.6 cm³/mol. The van der Waals surface area contributed by atoms with E-state index in [1.807, 2.05) is 25.1 Å². The van der Waals surface area contributed by atoms with Crippen molar-refractivity contribution in [2.45, 2.75) is 6.92 Å². The molecule has 0 spiro atoms. The minimum atomic E-state index is -0.362. The first-order chi connectivity index (χ1) is 10.1. The third-order valence-corrected chi connectivity index (χ3v) is 3.28. The molecule has 0 fully saturated rings. The zero-order chi connectivity index (χ0) is 15.0. The van der Waals surface area contributed by atoms with Crippen LogP contribution in [-0.4, -0.2) is 17.1 Å². The second-order valence-corrected chi connectivity index (χ2v) is 4.80. The van der Waals surface area contributed by atoms with Crippen LogP contribution in [0, 0.1) is 12.7 Å². The molecule has 0 aliphatic rings. The molecule has 4 nitrogen and oxygen atoms in total. The molecule has 3 aromatic rings. The Labute approximate surface area is 121 Å². The van der Waals surface area contributed by atoms with Crippen LogP contribution in [0.15, 0.2) is 36.4 Å². The van der Waals surface area contributed by atoms with Gasteiger partial charge >= 0.3 is 0 Å². The van der Waals surface area contributed by atoms with Gasteiger partial charge in [-0.3, -0.25) is 0 Å². The van der Waals surface area contributed by atoms with Gasteiger partial charge in [0, 0.05) is 5.39 Å². The summed E-state index contributed by atoms with van der Waals surface area (Å²) >= 11 is 0. The number of halogens is 1. The highest BCUT2D eigenvalue weighted by Gasteiger charge is 2.12. The van der Waals surface area contributed by atoms with Crippen LogP contribution >= 0.6 is 0 Å². The Morgan fingerprint density at radius 1 is 1.10 bits per heavy atom. The molecule has 2 aromatic carbocycles. The molecule has 2 N–H and O–H groups in total. The summed E-state index contributed by atoms with van der Waals surface area (Å²) in [6.45, 7) is 1.97. The minimum Gasteiger partial charge on any atom is -0.496 e. The maximum atomic E-state index is 13.3. The molecule has 3 rings (SSSR count). The Hall–Kier alpha value is -2.69. The fourth-order valence-electron chi connectivity index (χ4n) is 2.24. The van der Waals surface area contributed by atoms with Gasteiger partial charge in [0.25, 0.3) is 0 Å². The van der Waals surface area contributed by atoms with Gasteiger partial charge in [0.15, 0.2) is 5.82 Å². The van der Waals surface area contributed by atoms with Gasteiger partial charge in [0.2, 0.25) is 0 Å². The average Bonchev–Trinajstić information content (AvgIpc) is 2.47. The number of hydrogen-bond acceptors (Lipinski definition) is 4. The molecule has 106 valence electrons. The van der Waals surface area contributed by atoms with E-state index in [9.17, 15) is 4.39 Å². The maximum Gasteiger partial charge on any atom is 0.165 e. The van der Waals surface area contributed by atoms with Crippen molar-refractivity contribution < 1.29 is 9.13 Å². The van der Waals surface area contributed by atoms with Crippen LogP contribution in [0.3, 0.4) is 0 Å². The summed E-state index contributed by atoms with van der Waals surface area (Å²) in [5.41, 5.74) is 8.36. The predicted octanol–water partition coefficient (Wildman–Crippen LogP) is 3.34. The van der Waals surface area contributed by atoms with Crippen LogP contribution in [-0.2, 0) is 0 Å². The summed E-state index contributed by atoms with van der Waals surface area (Å²) in [6.07, 6.45) is 0. The highest BCUT2D eigenvalue weighted by atomic mass is 19.1. The van der Waals surface area contributed by atoms with Gasteiger partial charge in [-0.05, 0) is 37.3 Å². The largest absolute Gasteiger partial charge is 0.496 e. The SMILES string of the molecule is COc1ccc(C)cc1-c1nc(N)c2cc(F)ccc2n1. The molecule has 0 aliphatic heterocycles. The van der Waals surface area contributed by atoms with Crippen LogP contribution in [0.2, 0.25) is 0 Å². The van der Waals surface area contributed by atoms with Crippen molar-refractivity contribution in [3.05, 3.63) is 47.8 Å². The van der Waals surface area contributed by atoms with Crippen molar-refractivity contribution in [1.29, 1.82) is 0 Å². The lowest BCUT2D eigenvalue weighted by molar-refractivity contribution is 0.416. The molecule has 0 unspecified atom stereocenters. The van der Waals surface area contributed by atoms with E-state index in [0.717, 1.165) is 11.1 Å². The number of benzene rings is 2. The van der Waals surface area contributed by atoms with Crippen molar-refractivity contribution in [2.75, 3.05) is 12.8 Å². The molecule has 5 heteroatoms. The molecular formula is C16H14FN3O. The van der Waals surface area contributed by atoms with Gasteiger partial charge in [-0.15, -0.1) is 0 Å². The van der Waals surface area contributed by atoms with E-state index in [1.54, 1.807) is 13.2 Å². The van der Waals surface area contributed by atoms with Crippen molar-refractivity contribution in [1.82, 2.24) is 9.97 Å². The van der Waals surface area contributed by atoms with E-state index >= 15 is 0 Å². The van der Waals surface area contributed by atoms with E-state index in [0.29, 0.717) is 22.5 Å². The van der Waals surface area contributed by atoms with Gasteiger partial charge in [-0.1, -0.05) is 11.6 Å². The third-order valence-electron chi connectivity index (χ3n) is 3.28. The highest BCUT2D eigenvalue weighted by Crippen LogP contribution is 2.31. The van der Waals surface area contributed by atoms with Crippen molar-refractivity contribution in [3.63, 3.8) is 0 Å². The number of aryl methyl sites for hydroxylation is 1. The fraction of sp³-hybridized carbons (Fsp3) is 0.125. The van der Waals surface area contributed by atoms with Crippen LogP contribution in [0.4, 0.5) is 10.2 Å². The van der Waals surface area contributed by atoms with E-state index in [-0.39, 0.29) is 11.6 Å². The monoisotopic (exact) mass is 283 g/mol. The standard InChI is InChI=1S/C16H14FN3O/c1-9-3-6-14(21-2)12(7-9)16-19-13-5-4-10(17)8-11(13)15(18)20-16/h3-8H,1-2H3,(H2,18,19,20). The quantitative estimate of drug-likeness (QED) is 0.783. The molecule has 0 aliphatic carbocycles. The Kier molecular flexibility index (Phi) is 3.17. The smallest absolute Gasteiger partial charge is 0.165 e. The number of nitrogens with two attached hydrogens (primary N) is 1. The number of anilines is 1. The van der Waals surface area contributed by atoms with Crippen LogP contribution < -0.4 is 10.5 Å². The molecule has 0 amide bonds. The highest BCUT2D eigenvalue weighted by molar-refractivity contribution is 5.89. The summed E-state index contributed by atoms with van der Waals surface area (Å²) in [5, 5.41) is 0.505. The number of fused-ring (bicyclic) bond motifs is 1. The summed E-state index contributed by atoms with van der Waals surface area (Å²) in [5.74, 6) is 1.02. The Morgan fingerprint density at radius 3 is 2.67 bits per heavy atom. The van der Waals surface area contributed by atoms with Gasteiger partial charge in [-0.25, -0.2) is 14.4 Å². The molecule has 1 heterocycles. The second-order valence-electron chi connectivity index (χ2n) is 4.80. The molecule has 0 saturated heterocycles. The van der Waals surface area contributed by atoms with E-state index in [2.05, 4.69) is 9.97 Å². The second kappa shape index (κ2) is 5.01. The first-order valence-electron chi connectivity index (χ1n) is 6.46. The summed E-state index contributed by atoms with van der Waals surface area (Å²) in [6, 6.07) is 10.0. The number of hydrogen-bond donors (Lipinski definition) is 1. The van der Waals surface area contributed by atoms with Gasteiger partial charge in [0.05, 0.1) is 18.2 Å². The van der Waals surface area contributed by atoms with Gasteiger partial charge in [-0.2, -0.15) is 0 Å². The first kappa shape index (κ1) is 13.3. The number of methoxy groups -OCH3 is 1. The Bertz CT molecular complexity index is 833. The van der Waals surface area contributed by atoms with Crippen molar-refractivity contribution in [2.24, 2.45) is 0 Å². The van der Waals surface area contributed by atoms with Crippen molar-refractivity contribution >= 4 is 16.7 Å². The zero-order valence-corrected chi connectivity index (χ0v) is 11.7. The number of aromatic nitrogens is 2. The van der Waals surface area contributed by atoms with Crippen LogP contribution in [0.1, 0.15) is 5.56 Å². The molecule has 0 bridgehead atoms. The van der Waals surface area contributed by atoms with Gasteiger partial charge in [0.1, 0.15) is 17.4 Å². The number of nitrogen functional groups attached to an aromatic ring is 1. The Balaban J connectivity index is 2.26. The lowest BCUT2D eigenvalue weighted by atomic mass is 10.1.